The van der Waals surface area contributed by atoms with E-state index in [1.54, 1.807) is 19.1 Å². The third-order valence-electron chi connectivity index (χ3n) is 3.67. The molecule has 3 rings (SSSR count). The zero-order valence-electron chi connectivity index (χ0n) is 13.2. The molecule has 24 heavy (non-hydrogen) atoms. The van der Waals surface area contributed by atoms with E-state index in [0.29, 0.717) is 17.4 Å². The van der Waals surface area contributed by atoms with Crippen LogP contribution in [-0.2, 0) is 9.53 Å². The molecule has 0 spiro atoms. The van der Waals surface area contributed by atoms with Crippen LogP contribution in [0.4, 0.5) is 4.39 Å². The minimum absolute atomic E-state index is 0.101. The van der Waals surface area contributed by atoms with Crippen LogP contribution in [0.1, 0.15) is 19.8 Å². The van der Waals surface area contributed by atoms with Crippen LogP contribution >= 0.6 is 11.8 Å². The maximum absolute atomic E-state index is 13.4. The van der Waals surface area contributed by atoms with Crippen LogP contribution in [0.25, 0.3) is 5.69 Å². The molecule has 0 aliphatic carbocycles. The van der Waals surface area contributed by atoms with E-state index in [0.717, 1.165) is 19.4 Å². The average Bonchev–Trinajstić information content (AvgIpc) is 3.24. The predicted molar refractivity (Wildman–Crippen MR) is 86.4 cm³/mol. The molecule has 1 aliphatic heterocycles. The second kappa shape index (κ2) is 7.71. The van der Waals surface area contributed by atoms with E-state index in [4.69, 9.17) is 4.74 Å². The largest absolute Gasteiger partial charge is 0.376 e. The molecule has 9 heteroatoms. The Labute approximate surface area is 142 Å². The SMILES string of the molecule is C[C@@H](Sc1nnnn1-c1cccc(F)c1)C(=O)NC[C@@H]1CCCO1. The van der Waals surface area contributed by atoms with Gasteiger partial charge in [0.05, 0.1) is 17.0 Å². The van der Waals surface area contributed by atoms with Gasteiger partial charge in [-0.3, -0.25) is 4.79 Å². The van der Waals surface area contributed by atoms with Crippen LogP contribution in [0, 0.1) is 5.82 Å². The van der Waals surface area contributed by atoms with Gasteiger partial charge in [-0.25, -0.2) is 4.39 Å². The Morgan fingerprint density at radius 1 is 1.58 bits per heavy atom. The summed E-state index contributed by atoms with van der Waals surface area (Å²) in [5.74, 6) is -0.481. The first-order chi connectivity index (χ1) is 11.6. The molecule has 7 nitrogen and oxygen atoms in total. The molecule has 2 atom stereocenters. The third-order valence-corrected chi connectivity index (χ3v) is 4.71. The summed E-state index contributed by atoms with van der Waals surface area (Å²) in [6, 6.07) is 5.97. The Balaban J connectivity index is 1.61. The number of benzene rings is 1. The molecule has 2 aromatic rings. The number of tetrazole rings is 1. The van der Waals surface area contributed by atoms with Crippen LogP contribution in [0.15, 0.2) is 29.4 Å². The molecule has 0 radical (unpaired) electrons. The highest BCUT2D eigenvalue weighted by Crippen LogP contribution is 2.23. The number of amides is 1. The first-order valence-corrected chi connectivity index (χ1v) is 8.62. The lowest BCUT2D eigenvalue weighted by Crippen LogP contribution is -2.36. The molecule has 1 aromatic carbocycles. The normalized spacial score (nSPS) is 18.5. The number of hydrogen-bond acceptors (Lipinski definition) is 6. The Morgan fingerprint density at radius 3 is 3.21 bits per heavy atom. The summed E-state index contributed by atoms with van der Waals surface area (Å²) in [5, 5.41) is 14.3. The number of nitrogens with one attached hydrogen (secondary N) is 1. The number of aromatic nitrogens is 4. The zero-order valence-corrected chi connectivity index (χ0v) is 14.0. The van der Waals surface area contributed by atoms with Gasteiger partial charge in [0.15, 0.2) is 0 Å². The van der Waals surface area contributed by atoms with E-state index < -0.39 is 0 Å². The van der Waals surface area contributed by atoms with Crippen LogP contribution in [0.3, 0.4) is 0 Å². The van der Waals surface area contributed by atoms with Crippen molar-refractivity contribution in [3.8, 4) is 5.69 Å². The van der Waals surface area contributed by atoms with Crippen LogP contribution in [0.2, 0.25) is 0 Å². The summed E-state index contributed by atoms with van der Waals surface area (Å²) in [6.07, 6.45) is 2.11. The van der Waals surface area contributed by atoms with Gasteiger partial charge in [-0.2, -0.15) is 4.68 Å². The smallest absolute Gasteiger partial charge is 0.233 e. The van der Waals surface area contributed by atoms with Gasteiger partial charge in [0, 0.05) is 13.2 Å². The summed E-state index contributed by atoms with van der Waals surface area (Å²) in [5.41, 5.74) is 0.509. The Morgan fingerprint density at radius 2 is 2.46 bits per heavy atom. The van der Waals surface area contributed by atoms with Crippen molar-refractivity contribution < 1.29 is 13.9 Å². The second-order valence-corrected chi connectivity index (χ2v) is 6.80. The lowest BCUT2D eigenvalue weighted by Gasteiger charge is -2.14. The van der Waals surface area contributed by atoms with Gasteiger partial charge >= 0.3 is 0 Å². The molecule has 1 fully saturated rings. The molecule has 128 valence electrons. The first-order valence-electron chi connectivity index (χ1n) is 7.74. The van der Waals surface area contributed by atoms with Crippen molar-refractivity contribution in [2.24, 2.45) is 0 Å². The summed E-state index contributed by atoms with van der Waals surface area (Å²) in [7, 11) is 0. The van der Waals surface area contributed by atoms with Crippen molar-refractivity contribution in [2.45, 2.75) is 36.3 Å². The summed E-state index contributed by atoms with van der Waals surface area (Å²) in [6.45, 7) is 3.05. The van der Waals surface area contributed by atoms with Gasteiger partial charge in [0.1, 0.15) is 5.82 Å². The number of carbonyl (C=O) groups excluding carboxylic acids is 1. The maximum Gasteiger partial charge on any atom is 0.233 e. The van der Waals surface area contributed by atoms with Gasteiger partial charge in [0.25, 0.3) is 0 Å². The van der Waals surface area contributed by atoms with Gasteiger partial charge in [-0.1, -0.05) is 17.8 Å². The highest BCUT2D eigenvalue weighted by Gasteiger charge is 2.21. The maximum atomic E-state index is 13.4. The Bertz CT molecular complexity index is 705. The summed E-state index contributed by atoms with van der Waals surface area (Å²) >= 11 is 1.22. The Hall–Kier alpha value is -2.00. The van der Waals surface area contributed by atoms with E-state index in [1.165, 1.54) is 28.6 Å². The van der Waals surface area contributed by atoms with E-state index in [1.807, 2.05) is 0 Å². The van der Waals surface area contributed by atoms with Crippen molar-refractivity contribution in [2.75, 3.05) is 13.2 Å². The summed E-state index contributed by atoms with van der Waals surface area (Å²) in [4.78, 5) is 12.2. The molecule has 0 bridgehead atoms. The second-order valence-electron chi connectivity index (χ2n) is 5.49. The van der Waals surface area contributed by atoms with Crippen molar-refractivity contribution >= 4 is 17.7 Å². The zero-order chi connectivity index (χ0) is 16.9. The molecule has 1 N–H and O–H groups in total. The molecular weight excluding hydrogens is 333 g/mol. The van der Waals surface area contributed by atoms with Crippen molar-refractivity contribution in [1.82, 2.24) is 25.5 Å². The number of halogens is 1. The lowest BCUT2D eigenvalue weighted by molar-refractivity contribution is -0.120. The minimum Gasteiger partial charge on any atom is -0.376 e. The summed E-state index contributed by atoms with van der Waals surface area (Å²) < 4.78 is 20.3. The topological polar surface area (TPSA) is 81.9 Å². The monoisotopic (exact) mass is 351 g/mol. The number of thioether (sulfide) groups is 1. The fourth-order valence-corrected chi connectivity index (χ4v) is 3.23. The van der Waals surface area contributed by atoms with Gasteiger partial charge < -0.3 is 10.1 Å². The van der Waals surface area contributed by atoms with Gasteiger partial charge in [-0.15, -0.1) is 5.10 Å². The highest BCUT2D eigenvalue weighted by atomic mass is 32.2. The molecule has 0 unspecified atom stereocenters. The average molecular weight is 351 g/mol. The van der Waals surface area contributed by atoms with Crippen LogP contribution in [-0.4, -0.2) is 50.6 Å². The van der Waals surface area contributed by atoms with Crippen molar-refractivity contribution in [3.63, 3.8) is 0 Å². The van der Waals surface area contributed by atoms with E-state index in [9.17, 15) is 9.18 Å². The molecule has 1 amide bonds. The molecule has 2 heterocycles. The predicted octanol–water partition coefficient (Wildman–Crippen LogP) is 1.58. The number of rotatable bonds is 6. The molecule has 1 aliphatic rings. The van der Waals surface area contributed by atoms with Gasteiger partial charge in [0.2, 0.25) is 11.1 Å². The Kier molecular flexibility index (Phi) is 5.41. The van der Waals surface area contributed by atoms with Crippen molar-refractivity contribution in [1.29, 1.82) is 0 Å². The quantitative estimate of drug-likeness (QED) is 0.796. The standard InChI is InChI=1S/C15H18FN5O2S/c1-10(14(22)17-9-13-6-3-7-23-13)24-15-18-19-20-21(15)12-5-2-4-11(16)8-12/h2,4-5,8,10,13H,3,6-7,9H2,1H3,(H,17,22)/t10-,13+/m1/s1. The van der Waals surface area contributed by atoms with Crippen LogP contribution in [0.5, 0.6) is 0 Å². The van der Waals surface area contributed by atoms with Crippen LogP contribution < -0.4 is 5.32 Å². The molecular formula is C15H18FN5O2S. The van der Waals surface area contributed by atoms with E-state index in [-0.39, 0.29) is 23.1 Å². The van der Waals surface area contributed by atoms with Crippen molar-refractivity contribution in [3.05, 3.63) is 30.1 Å². The third kappa shape index (κ3) is 4.09. The lowest BCUT2D eigenvalue weighted by atomic mass is 10.2. The number of nitrogens with zero attached hydrogens (tertiary/aromatic N) is 4. The number of ether oxygens (including phenoxy) is 1. The number of hydrogen-bond donors (Lipinski definition) is 1. The molecule has 1 aromatic heterocycles. The fourth-order valence-electron chi connectivity index (χ4n) is 2.40. The molecule has 0 saturated carbocycles. The first kappa shape index (κ1) is 16.8. The fraction of sp³-hybridized carbons (Fsp3) is 0.467. The molecule has 1 saturated heterocycles. The van der Waals surface area contributed by atoms with Gasteiger partial charge in [-0.05, 0) is 48.4 Å². The van der Waals surface area contributed by atoms with E-state index >= 15 is 0 Å². The van der Waals surface area contributed by atoms with E-state index in [2.05, 4.69) is 20.8 Å². The number of carbonyl (C=O) groups is 1. The minimum atomic E-state index is -0.385. The highest BCUT2D eigenvalue weighted by molar-refractivity contribution is 8.00.